The van der Waals surface area contributed by atoms with Gasteiger partial charge in [0.1, 0.15) is 17.4 Å². The van der Waals surface area contributed by atoms with Crippen LogP contribution in [0.25, 0.3) is 10.2 Å². The number of rotatable bonds is 9. The molecule has 0 aliphatic rings. The van der Waals surface area contributed by atoms with E-state index in [0.717, 1.165) is 15.2 Å². The number of sulfonamides is 1. The monoisotopic (exact) mass is 434 g/mol. The normalized spacial score (nSPS) is 11.7. The molecule has 29 heavy (non-hydrogen) atoms. The number of hydrogen-bond acceptors (Lipinski definition) is 7. The molecule has 0 radical (unpaired) electrons. The first-order valence-electron chi connectivity index (χ1n) is 9.00. The highest BCUT2D eigenvalue weighted by molar-refractivity contribution is 7.89. The Hall–Kier alpha value is -2.49. The van der Waals surface area contributed by atoms with Crippen LogP contribution in [0, 0.1) is 0 Å². The summed E-state index contributed by atoms with van der Waals surface area (Å²) < 4.78 is 37.7. The number of carbonyl (C=O) groups is 1. The van der Waals surface area contributed by atoms with Crippen LogP contribution in [0.2, 0.25) is 0 Å². The van der Waals surface area contributed by atoms with Crippen molar-refractivity contribution in [2.24, 2.45) is 0 Å². The third kappa shape index (κ3) is 5.31. The van der Waals surface area contributed by atoms with Gasteiger partial charge >= 0.3 is 5.97 Å². The molecule has 0 saturated heterocycles. The number of hydrogen-bond donors (Lipinski definition) is 0. The van der Waals surface area contributed by atoms with Crippen molar-refractivity contribution in [2.75, 3.05) is 20.7 Å². The first kappa shape index (κ1) is 21.2. The van der Waals surface area contributed by atoms with Gasteiger partial charge in [0, 0.05) is 20.0 Å². The maximum absolute atomic E-state index is 12.6. The maximum atomic E-state index is 12.6. The van der Waals surface area contributed by atoms with Gasteiger partial charge in [0.15, 0.2) is 0 Å². The van der Waals surface area contributed by atoms with Crippen molar-refractivity contribution < 1.29 is 22.7 Å². The van der Waals surface area contributed by atoms with Crippen LogP contribution in [-0.2, 0) is 26.2 Å². The summed E-state index contributed by atoms with van der Waals surface area (Å²) in [5.41, 5.74) is 0.883. The number of esters is 1. The molecule has 154 valence electrons. The molecular formula is C20H22N2O5S2. The van der Waals surface area contributed by atoms with Crippen molar-refractivity contribution in [1.29, 1.82) is 0 Å². The summed E-state index contributed by atoms with van der Waals surface area (Å²) in [6.07, 6.45) is 0.498. The molecule has 0 bridgehead atoms. The number of nitrogens with zero attached hydrogens (tertiary/aromatic N) is 2. The molecule has 0 spiro atoms. The van der Waals surface area contributed by atoms with E-state index in [0.29, 0.717) is 12.2 Å². The van der Waals surface area contributed by atoms with Crippen LogP contribution < -0.4 is 4.74 Å². The Labute approximate surface area is 173 Å². The van der Waals surface area contributed by atoms with E-state index in [-0.39, 0.29) is 30.4 Å². The zero-order chi connectivity index (χ0) is 20.9. The van der Waals surface area contributed by atoms with E-state index in [1.54, 1.807) is 12.1 Å². The minimum Gasteiger partial charge on any atom is -0.497 e. The first-order valence-corrected chi connectivity index (χ1v) is 11.3. The van der Waals surface area contributed by atoms with Crippen molar-refractivity contribution in [3.05, 3.63) is 53.5 Å². The first-order chi connectivity index (χ1) is 13.9. The lowest BCUT2D eigenvalue weighted by Gasteiger charge is -2.17. The second-order valence-corrected chi connectivity index (χ2v) is 9.50. The molecule has 0 N–H and O–H groups in total. The molecule has 0 aliphatic heterocycles. The molecule has 7 nitrogen and oxygen atoms in total. The third-order valence-corrected chi connectivity index (χ3v) is 7.20. The van der Waals surface area contributed by atoms with Gasteiger partial charge < -0.3 is 9.47 Å². The average Bonchev–Trinajstić information content (AvgIpc) is 3.15. The molecule has 0 saturated carbocycles. The molecule has 3 aromatic rings. The topological polar surface area (TPSA) is 85.8 Å². The Morgan fingerprint density at radius 1 is 1.14 bits per heavy atom. The summed E-state index contributed by atoms with van der Waals surface area (Å²) in [5.74, 6) is 0.210. The van der Waals surface area contributed by atoms with Gasteiger partial charge in [-0.25, -0.2) is 17.7 Å². The highest BCUT2D eigenvalue weighted by Crippen LogP contribution is 2.22. The van der Waals surface area contributed by atoms with Crippen molar-refractivity contribution in [1.82, 2.24) is 9.29 Å². The second-order valence-electron chi connectivity index (χ2n) is 6.34. The largest absolute Gasteiger partial charge is 0.497 e. The summed E-state index contributed by atoms with van der Waals surface area (Å²) in [5, 5.41) is 0.735. The van der Waals surface area contributed by atoms with Crippen LogP contribution in [0.5, 0.6) is 5.75 Å². The van der Waals surface area contributed by atoms with E-state index in [4.69, 9.17) is 9.47 Å². The number of benzene rings is 2. The fourth-order valence-corrected chi connectivity index (χ4v) is 4.78. The van der Waals surface area contributed by atoms with Gasteiger partial charge in [-0.15, -0.1) is 11.3 Å². The highest BCUT2D eigenvalue weighted by Gasteiger charge is 2.20. The van der Waals surface area contributed by atoms with Gasteiger partial charge in [-0.1, -0.05) is 12.1 Å². The number of methoxy groups -OCH3 is 1. The predicted octanol–water partition coefficient (Wildman–Crippen LogP) is 3.45. The molecule has 0 atom stereocenters. The average molecular weight is 435 g/mol. The van der Waals surface area contributed by atoms with Gasteiger partial charge in [-0.2, -0.15) is 0 Å². The van der Waals surface area contributed by atoms with Crippen LogP contribution in [-0.4, -0.2) is 44.4 Å². The Balaban J connectivity index is 1.46. The maximum Gasteiger partial charge on any atom is 0.306 e. The van der Waals surface area contributed by atoms with E-state index in [1.165, 1.54) is 41.9 Å². The van der Waals surface area contributed by atoms with E-state index < -0.39 is 10.0 Å². The molecule has 2 aromatic carbocycles. The summed E-state index contributed by atoms with van der Waals surface area (Å²) in [6.45, 7) is 0.336. The van der Waals surface area contributed by atoms with Gasteiger partial charge in [0.25, 0.3) is 0 Å². The van der Waals surface area contributed by atoms with Crippen LogP contribution in [0.4, 0.5) is 0 Å². The van der Waals surface area contributed by atoms with Gasteiger partial charge in [0.2, 0.25) is 10.0 Å². The number of thiazole rings is 1. The van der Waals surface area contributed by atoms with Crippen molar-refractivity contribution in [3.63, 3.8) is 0 Å². The van der Waals surface area contributed by atoms with E-state index in [2.05, 4.69) is 4.98 Å². The quantitative estimate of drug-likeness (QED) is 0.480. The van der Waals surface area contributed by atoms with Gasteiger partial charge in [-0.3, -0.25) is 4.79 Å². The van der Waals surface area contributed by atoms with Crippen LogP contribution in [0.3, 0.4) is 0 Å². The zero-order valence-electron chi connectivity index (χ0n) is 16.2. The Bertz CT molecular complexity index is 1040. The number of ether oxygens (including phenoxy) is 2. The molecule has 0 aliphatic carbocycles. The zero-order valence-corrected chi connectivity index (χ0v) is 17.8. The SMILES string of the molecule is COc1ccc(S(=O)(=O)N(C)CCCC(=O)OCc2nc3ccccc3s2)cc1. The van der Waals surface area contributed by atoms with E-state index in [9.17, 15) is 13.2 Å². The third-order valence-electron chi connectivity index (χ3n) is 4.32. The van der Waals surface area contributed by atoms with E-state index in [1.807, 2.05) is 24.3 Å². The summed E-state index contributed by atoms with van der Waals surface area (Å²) in [7, 11) is -0.603. The lowest BCUT2D eigenvalue weighted by molar-refractivity contribution is -0.145. The summed E-state index contributed by atoms with van der Waals surface area (Å²) in [4.78, 5) is 16.6. The number of carbonyl (C=O) groups excluding carboxylic acids is 1. The fraction of sp³-hybridized carbons (Fsp3) is 0.300. The molecular weight excluding hydrogens is 412 g/mol. The Kier molecular flexibility index (Phi) is 6.83. The highest BCUT2D eigenvalue weighted by atomic mass is 32.2. The predicted molar refractivity (Wildman–Crippen MR) is 111 cm³/mol. The molecule has 1 aromatic heterocycles. The standard InChI is InChI=1S/C20H22N2O5S2/c1-22(29(24,25)16-11-9-15(26-2)10-12-16)13-5-8-20(23)27-14-19-21-17-6-3-4-7-18(17)28-19/h3-4,6-7,9-12H,5,8,13-14H2,1-2H3. The van der Waals surface area contributed by atoms with Crippen molar-refractivity contribution >= 4 is 37.5 Å². The van der Waals surface area contributed by atoms with E-state index >= 15 is 0 Å². The molecule has 3 rings (SSSR count). The molecule has 0 amide bonds. The minimum atomic E-state index is -3.61. The smallest absolute Gasteiger partial charge is 0.306 e. The number of fused-ring (bicyclic) bond motifs is 1. The second kappa shape index (κ2) is 9.34. The molecule has 0 unspecified atom stereocenters. The molecule has 0 fully saturated rings. The Morgan fingerprint density at radius 2 is 1.86 bits per heavy atom. The molecule has 9 heteroatoms. The lowest BCUT2D eigenvalue weighted by atomic mass is 10.3. The minimum absolute atomic E-state index is 0.123. The van der Waals surface area contributed by atoms with Crippen LogP contribution >= 0.6 is 11.3 Å². The summed E-state index contributed by atoms with van der Waals surface area (Å²) >= 11 is 1.49. The summed E-state index contributed by atoms with van der Waals surface area (Å²) in [6, 6.07) is 13.9. The number of para-hydroxylation sites is 1. The van der Waals surface area contributed by atoms with Gasteiger partial charge in [0.05, 0.1) is 22.2 Å². The fourth-order valence-electron chi connectivity index (χ4n) is 2.69. The Morgan fingerprint density at radius 3 is 2.55 bits per heavy atom. The van der Waals surface area contributed by atoms with Crippen molar-refractivity contribution in [3.8, 4) is 5.75 Å². The van der Waals surface area contributed by atoms with Crippen LogP contribution in [0.1, 0.15) is 17.8 Å². The van der Waals surface area contributed by atoms with Gasteiger partial charge in [-0.05, 0) is 42.8 Å². The van der Waals surface area contributed by atoms with Crippen LogP contribution in [0.15, 0.2) is 53.4 Å². The van der Waals surface area contributed by atoms with Crippen molar-refractivity contribution in [2.45, 2.75) is 24.3 Å². The lowest BCUT2D eigenvalue weighted by Crippen LogP contribution is -2.28. The molecule has 1 heterocycles. The number of aromatic nitrogens is 1.